The Hall–Kier alpha value is -2.89. The van der Waals surface area contributed by atoms with E-state index in [0.717, 1.165) is 0 Å². The van der Waals surface area contributed by atoms with Crippen LogP contribution in [0, 0.1) is 0 Å². The smallest absolute Gasteiger partial charge is 0.262 e. The van der Waals surface area contributed by atoms with Crippen molar-refractivity contribution in [2.75, 3.05) is 19.0 Å². The molecule has 0 bridgehead atoms. The number of nitrogens with zero attached hydrogens (tertiary/aromatic N) is 1. The highest BCUT2D eigenvalue weighted by Gasteiger charge is 2.07. The number of aromatic nitrogens is 1. The van der Waals surface area contributed by atoms with Crippen molar-refractivity contribution in [1.82, 2.24) is 4.98 Å². The molecular formula is C15H14N2O4. The summed E-state index contributed by atoms with van der Waals surface area (Å²) in [5, 5.41) is 2.69. The monoisotopic (exact) mass is 286 g/mol. The predicted octanol–water partition coefficient (Wildman–Crippen LogP) is 1.92. The van der Waals surface area contributed by atoms with Crippen LogP contribution in [0.25, 0.3) is 0 Å². The molecule has 21 heavy (non-hydrogen) atoms. The van der Waals surface area contributed by atoms with Crippen LogP contribution in [0.15, 0.2) is 42.6 Å². The zero-order chi connectivity index (χ0) is 15.1. The number of rotatable bonds is 6. The second kappa shape index (κ2) is 7.04. The summed E-state index contributed by atoms with van der Waals surface area (Å²) in [4.78, 5) is 26.1. The second-order valence-electron chi connectivity index (χ2n) is 4.07. The molecule has 1 aromatic carbocycles. The molecule has 0 aliphatic heterocycles. The van der Waals surface area contributed by atoms with Gasteiger partial charge in [0, 0.05) is 0 Å². The molecule has 108 valence electrons. The lowest BCUT2D eigenvalue weighted by atomic mass is 10.3. The van der Waals surface area contributed by atoms with Crippen LogP contribution in [0.2, 0.25) is 0 Å². The van der Waals surface area contributed by atoms with Gasteiger partial charge in [0.2, 0.25) is 0 Å². The standard InChI is InChI=1S/C15H14N2O4/c1-20-14-5-3-2-4-13(14)17-15(19)10-21-12-7-6-11(9-18)16-8-12/h2-9H,10H2,1H3,(H,17,19). The minimum absolute atomic E-state index is 0.167. The van der Waals surface area contributed by atoms with E-state index in [4.69, 9.17) is 9.47 Å². The zero-order valence-electron chi connectivity index (χ0n) is 11.4. The fourth-order valence-corrected chi connectivity index (χ4v) is 1.63. The van der Waals surface area contributed by atoms with Crippen LogP contribution in [0.1, 0.15) is 10.5 Å². The van der Waals surface area contributed by atoms with Crippen LogP contribution in [0.3, 0.4) is 0 Å². The molecule has 0 saturated carbocycles. The molecule has 0 radical (unpaired) electrons. The third-order valence-electron chi connectivity index (χ3n) is 2.63. The van der Waals surface area contributed by atoms with Gasteiger partial charge >= 0.3 is 0 Å². The van der Waals surface area contributed by atoms with Crippen LogP contribution >= 0.6 is 0 Å². The molecule has 0 aliphatic carbocycles. The Bertz CT molecular complexity index is 626. The molecule has 6 nitrogen and oxygen atoms in total. The minimum atomic E-state index is -0.320. The summed E-state index contributed by atoms with van der Waals surface area (Å²) in [6, 6.07) is 10.2. The number of anilines is 1. The molecule has 0 fully saturated rings. The van der Waals surface area contributed by atoms with Gasteiger partial charge in [0.25, 0.3) is 5.91 Å². The Morgan fingerprint density at radius 1 is 1.29 bits per heavy atom. The topological polar surface area (TPSA) is 77.5 Å². The van der Waals surface area contributed by atoms with Gasteiger partial charge in [-0.3, -0.25) is 9.59 Å². The van der Waals surface area contributed by atoms with E-state index < -0.39 is 0 Å². The molecule has 1 amide bonds. The van der Waals surface area contributed by atoms with Crippen molar-refractivity contribution in [3.8, 4) is 11.5 Å². The maximum absolute atomic E-state index is 11.8. The average Bonchev–Trinajstić information content (AvgIpc) is 2.54. The zero-order valence-corrected chi connectivity index (χ0v) is 11.4. The van der Waals surface area contributed by atoms with E-state index in [2.05, 4.69) is 10.3 Å². The van der Waals surface area contributed by atoms with Gasteiger partial charge < -0.3 is 14.8 Å². The molecule has 2 rings (SSSR count). The number of carbonyl (C=O) groups excluding carboxylic acids is 2. The second-order valence-corrected chi connectivity index (χ2v) is 4.07. The highest BCUT2D eigenvalue weighted by molar-refractivity contribution is 5.93. The van der Waals surface area contributed by atoms with E-state index in [-0.39, 0.29) is 12.5 Å². The normalized spacial score (nSPS) is 9.76. The molecule has 0 unspecified atom stereocenters. The van der Waals surface area contributed by atoms with E-state index in [9.17, 15) is 9.59 Å². The van der Waals surface area contributed by atoms with E-state index >= 15 is 0 Å². The predicted molar refractivity (Wildman–Crippen MR) is 76.7 cm³/mol. The lowest BCUT2D eigenvalue weighted by molar-refractivity contribution is -0.118. The maximum Gasteiger partial charge on any atom is 0.262 e. The summed E-state index contributed by atoms with van der Waals surface area (Å²) in [5.74, 6) is 0.664. The number of hydrogen-bond donors (Lipinski definition) is 1. The van der Waals surface area contributed by atoms with Crippen molar-refractivity contribution >= 4 is 17.9 Å². The van der Waals surface area contributed by atoms with E-state index in [1.54, 1.807) is 24.3 Å². The SMILES string of the molecule is COc1ccccc1NC(=O)COc1ccc(C=O)nc1. The van der Waals surface area contributed by atoms with Crippen molar-refractivity contribution in [3.05, 3.63) is 48.3 Å². The molecule has 0 atom stereocenters. The van der Waals surface area contributed by atoms with Crippen molar-refractivity contribution in [2.45, 2.75) is 0 Å². The van der Waals surface area contributed by atoms with Crippen molar-refractivity contribution in [2.24, 2.45) is 0 Å². The molecule has 0 aliphatic rings. The molecule has 1 heterocycles. The first kappa shape index (κ1) is 14.5. The molecular weight excluding hydrogens is 272 g/mol. The number of nitrogens with one attached hydrogen (secondary N) is 1. The Labute approximate surface area is 121 Å². The lowest BCUT2D eigenvalue weighted by Crippen LogP contribution is -2.20. The molecule has 1 aromatic heterocycles. The van der Waals surface area contributed by atoms with Crippen molar-refractivity contribution < 1.29 is 19.1 Å². The van der Waals surface area contributed by atoms with Crippen LogP contribution < -0.4 is 14.8 Å². The summed E-state index contributed by atoms with van der Waals surface area (Å²) < 4.78 is 10.4. The molecule has 6 heteroatoms. The third-order valence-corrected chi connectivity index (χ3v) is 2.63. The van der Waals surface area contributed by atoms with E-state index in [1.807, 2.05) is 6.07 Å². The first-order chi connectivity index (χ1) is 10.2. The fraction of sp³-hybridized carbons (Fsp3) is 0.133. The Morgan fingerprint density at radius 2 is 2.10 bits per heavy atom. The van der Waals surface area contributed by atoms with Gasteiger partial charge in [0.05, 0.1) is 19.0 Å². The number of hydrogen-bond acceptors (Lipinski definition) is 5. The van der Waals surface area contributed by atoms with Gasteiger partial charge in [0.1, 0.15) is 17.2 Å². The van der Waals surface area contributed by atoms with Crippen molar-refractivity contribution in [3.63, 3.8) is 0 Å². The Balaban J connectivity index is 1.91. The number of pyridine rings is 1. The number of benzene rings is 1. The van der Waals surface area contributed by atoms with Crippen LogP contribution in [-0.4, -0.2) is 30.9 Å². The number of methoxy groups -OCH3 is 1. The number of amides is 1. The summed E-state index contributed by atoms with van der Waals surface area (Å²) in [5.41, 5.74) is 0.879. The summed E-state index contributed by atoms with van der Waals surface area (Å²) in [6.45, 7) is -0.167. The number of carbonyl (C=O) groups is 2. The number of para-hydroxylation sites is 2. The first-order valence-electron chi connectivity index (χ1n) is 6.20. The van der Waals surface area contributed by atoms with E-state index in [1.165, 1.54) is 19.4 Å². The highest BCUT2D eigenvalue weighted by atomic mass is 16.5. The Morgan fingerprint density at radius 3 is 2.76 bits per heavy atom. The quantitative estimate of drug-likeness (QED) is 0.821. The van der Waals surface area contributed by atoms with Crippen LogP contribution in [0.5, 0.6) is 11.5 Å². The molecule has 0 spiro atoms. The largest absolute Gasteiger partial charge is 0.495 e. The Kier molecular flexibility index (Phi) is 4.87. The lowest BCUT2D eigenvalue weighted by Gasteiger charge is -2.10. The van der Waals surface area contributed by atoms with Gasteiger partial charge in [-0.25, -0.2) is 4.98 Å². The van der Waals surface area contributed by atoms with Gasteiger partial charge in [-0.1, -0.05) is 12.1 Å². The van der Waals surface area contributed by atoms with Gasteiger partial charge in [0.15, 0.2) is 12.9 Å². The molecule has 0 saturated heterocycles. The summed E-state index contributed by atoms with van der Waals surface area (Å²) >= 11 is 0. The van der Waals surface area contributed by atoms with Crippen LogP contribution in [0.4, 0.5) is 5.69 Å². The summed E-state index contributed by atoms with van der Waals surface area (Å²) in [7, 11) is 1.53. The average molecular weight is 286 g/mol. The van der Waals surface area contributed by atoms with Gasteiger partial charge in [-0.05, 0) is 24.3 Å². The van der Waals surface area contributed by atoms with Gasteiger partial charge in [-0.15, -0.1) is 0 Å². The van der Waals surface area contributed by atoms with E-state index in [0.29, 0.717) is 29.2 Å². The highest BCUT2D eigenvalue weighted by Crippen LogP contribution is 2.22. The van der Waals surface area contributed by atoms with Crippen LogP contribution in [-0.2, 0) is 4.79 Å². The first-order valence-corrected chi connectivity index (χ1v) is 6.20. The fourth-order valence-electron chi connectivity index (χ4n) is 1.63. The summed E-state index contributed by atoms with van der Waals surface area (Å²) in [6.07, 6.45) is 2.03. The number of aldehydes is 1. The molecule has 2 aromatic rings. The maximum atomic E-state index is 11.8. The van der Waals surface area contributed by atoms with Crippen molar-refractivity contribution in [1.29, 1.82) is 0 Å². The minimum Gasteiger partial charge on any atom is -0.495 e. The third kappa shape index (κ3) is 4.04. The number of ether oxygens (including phenoxy) is 2. The molecule has 1 N–H and O–H groups in total. The van der Waals surface area contributed by atoms with Gasteiger partial charge in [-0.2, -0.15) is 0 Å².